The summed E-state index contributed by atoms with van der Waals surface area (Å²) in [6, 6.07) is 6.52. The molecule has 4 rings (SSSR count). The van der Waals surface area contributed by atoms with E-state index < -0.39 is 29.6 Å². The molecule has 0 bridgehead atoms. The molecule has 2 aliphatic rings. The molecule has 1 saturated heterocycles. The Hall–Kier alpha value is -1.62. The number of rotatable bonds is 6. The number of nitrogens with zero attached hydrogens (tertiary/aromatic N) is 2. The Labute approximate surface area is 221 Å². The van der Waals surface area contributed by atoms with Crippen LogP contribution in [0.5, 0.6) is 0 Å². The van der Waals surface area contributed by atoms with Crippen molar-refractivity contribution in [3.05, 3.63) is 65.0 Å². The number of halogens is 6. The zero-order valence-electron chi connectivity index (χ0n) is 19.1. The van der Waals surface area contributed by atoms with Crippen LogP contribution in [0.1, 0.15) is 66.6 Å². The molecule has 2 aromatic rings. The number of likely N-dealkylation sites (tertiary alicyclic amines) is 1. The Kier molecular flexibility index (Phi) is 8.61. The third kappa shape index (κ3) is 6.78. The van der Waals surface area contributed by atoms with Crippen molar-refractivity contribution in [3.63, 3.8) is 0 Å². The van der Waals surface area contributed by atoms with E-state index in [9.17, 15) is 36.2 Å². The van der Waals surface area contributed by atoms with Crippen LogP contribution < -0.4 is 34.7 Å². The smallest absolute Gasteiger partial charge is 0.550 e. The summed E-state index contributed by atoms with van der Waals surface area (Å²) in [6.07, 6.45) is -5.26. The SMILES string of the molecule is O=C([O-])C[C@@H]1CCN([C@@H](c2ccc(C(F)(F)F)nc2)C2CC2)[C@H](c2ccc(C(F)(F)F)cc2)C1.[Na+]. The first-order valence-corrected chi connectivity index (χ1v) is 11.1. The molecule has 35 heavy (non-hydrogen) atoms. The zero-order valence-corrected chi connectivity index (χ0v) is 21.1. The summed E-state index contributed by atoms with van der Waals surface area (Å²) in [7, 11) is 0. The van der Waals surface area contributed by atoms with Crippen molar-refractivity contribution in [3.8, 4) is 0 Å². The number of piperidine rings is 1. The van der Waals surface area contributed by atoms with E-state index in [1.807, 2.05) is 0 Å². The fraction of sp³-hybridized carbons (Fsp3) is 0.500. The Bertz CT molecular complexity index is 1010. The van der Waals surface area contributed by atoms with Gasteiger partial charge in [0, 0.05) is 24.2 Å². The third-order valence-electron chi connectivity index (χ3n) is 6.67. The standard InChI is InChI=1S/C24H24F6N2O2.Na/c25-23(26,27)18-6-3-15(4-7-18)19-11-14(12-21(33)34)9-10-32(19)22(16-1-2-16)17-5-8-20(31-13-17)24(28,29)30;/h3-8,13-14,16,19,22H,1-2,9-12H2,(H,33,34);/q;+1/p-1/t14-,19+,22-;/m1./s1. The van der Waals surface area contributed by atoms with Gasteiger partial charge in [-0.05, 0) is 79.8 Å². The van der Waals surface area contributed by atoms with Crippen LogP contribution in [0, 0.1) is 11.8 Å². The molecule has 2 fully saturated rings. The van der Waals surface area contributed by atoms with Gasteiger partial charge < -0.3 is 9.90 Å². The number of aliphatic carboxylic acids is 1. The minimum atomic E-state index is -4.56. The molecule has 0 radical (unpaired) electrons. The zero-order chi connectivity index (χ0) is 24.7. The number of aromatic nitrogens is 1. The van der Waals surface area contributed by atoms with Gasteiger partial charge in [-0.3, -0.25) is 9.88 Å². The molecule has 1 aromatic heterocycles. The number of carboxylic acids is 1. The number of pyridine rings is 1. The summed E-state index contributed by atoms with van der Waals surface area (Å²) in [5, 5.41) is 11.2. The number of carboxylic acid groups (broad SMARTS) is 1. The molecule has 1 aliphatic carbocycles. The van der Waals surface area contributed by atoms with Crippen molar-refractivity contribution >= 4 is 5.97 Å². The second kappa shape index (κ2) is 10.8. The van der Waals surface area contributed by atoms with Crippen LogP contribution in [0.4, 0.5) is 26.3 Å². The van der Waals surface area contributed by atoms with Crippen LogP contribution in [0.25, 0.3) is 0 Å². The number of hydrogen-bond acceptors (Lipinski definition) is 4. The molecule has 4 nitrogen and oxygen atoms in total. The van der Waals surface area contributed by atoms with E-state index in [0.717, 1.165) is 31.0 Å². The molecule has 3 atom stereocenters. The van der Waals surface area contributed by atoms with Gasteiger partial charge in [0.1, 0.15) is 5.69 Å². The van der Waals surface area contributed by atoms with Crippen LogP contribution in [-0.2, 0) is 17.1 Å². The van der Waals surface area contributed by atoms with Crippen molar-refractivity contribution in [1.29, 1.82) is 0 Å². The van der Waals surface area contributed by atoms with Gasteiger partial charge >= 0.3 is 41.9 Å². The quantitative estimate of drug-likeness (QED) is 0.444. The normalized spacial score (nSPS) is 22.3. The number of alkyl halides is 6. The third-order valence-corrected chi connectivity index (χ3v) is 6.67. The largest absolute Gasteiger partial charge is 1.00 e. The summed E-state index contributed by atoms with van der Waals surface area (Å²) in [4.78, 5) is 16.9. The minimum Gasteiger partial charge on any atom is -0.550 e. The molecule has 2 heterocycles. The molecule has 0 N–H and O–H groups in total. The van der Waals surface area contributed by atoms with Gasteiger partial charge in [-0.1, -0.05) is 18.2 Å². The van der Waals surface area contributed by atoms with Crippen LogP contribution in [0.3, 0.4) is 0 Å². The van der Waals surface area contributed by atoms with Gasteiger partial charge in [-0.15, -0.1) is 0 Å². The molecule has 11 heteroatoms. The van der Waals surface area contributed by atoms with Crippen molar-refractivity contribution in [2.45, 2.75) is 56.5 Å². The number of hydrogen-bond donors (Lipinski definition) is 0. The summed E-state index contributed by atoms with van der Waals surface area (Å²) in [5.74, 6) is -1.21. The maximum absolute atomic E-state index is 13.1. The fourth-order valence-corrected chi connectivity index (χ4v) is 4.93. The van der Waals surface area contributed by atoms with E-state index >= 15 is 0 Å². The Morgan fingerprint density at radius 2 is 1.66 bits per heavy atom. The Balaban J connectivity index is 0.00000342. The molecule has 1 aromatic carbocycles. The number of benzene rings is 1. The van der Waals surface area contributed by atoms with E-state index in [1.54, 1.807) is 0 Å². The molecular weight excluding hydrogens is 485 g/mol. The summed E-state index contributed by atoms with van der Waals surface area (Å²) in [6.45, 7) is 0.464. The number of carbonyl (C=O) groups is 1. The molecular formula is C24H23F6N2NaO2. The average molecular weight is 508 g/mol. The second-order valence-corrected chi connectivity index (χ2v) is 9.10. The fourth-order valence-electron chi connectivity index (χ4n) is 4.93. The van der Waals surface area contributed by atoms with Crippen molar-refractivity contribution in [1.82, 2.24) is 9.88 Å². The van der Waals surface area contributed by atoms with E-state index in [0.29, 0.717) is 30.5 Å². The first kappa shape index (κ1) is 28.0. The Morgan fingerprint density at radius 3 is 2.14 bits per heavy atom. The molecule has 0 amide bonds. The van der Waals surface area contributed by atoms with Gasteiger partial charge in [0.05, 0.1) is 5.56 Å². The van der Waals surface area contributed by atoms with E-state index in [-0.39, 0.29) is 59.9 Å². The van der Waals surface area contributed by atoms with Crippen LogP contribution >= 0.6 is 0 Å². The Morgan fingerprint density at radius 1 is 1.00 bits per heavy atom. The molecule has 0 unspecified atom stereocenters. The maximum Gasteiger partial charge on any atom is 1.00 e. The number of carbonyl (C=O) groups excluding carboxylic acids is 1. The predicted molar refractivity (Wildman–Crippen MR) is 108 cm³/mol. The summed E-state index contributed by atoms with van der Waals surface area (Å²) >= 11 is 0. The van der Waals surface area contributed by atoms with Gasteiger partial charge in [0.25, 0.3) is 0 Å². The maximum atomic E-state index is 13.1. The monoisotopic (exact) mass is 508 g/mol. The predicted octanol–water partition coefficient (Wildman–Crippen LogP) is 2.17. The van der Waals surface area contributed by atoms with Crippen LogP contribution in [0.15, 0.2) is 42.6 Å². The summed E-state index contributed by atoms with van der Waals surface area (Å²) < 4.78 is 78.1. The van der Waals surface area contributed by atoms with E-state index in [2.05, 4.69) is 9.88 Å². The van der Waals surface area contributed by atoms with Crippen molar-refractivity contribution < 1.29 is 65.8 Å². The van der Waals surface area contributed by atoms with Crippen molar-refractivity contribution in [2.75, 3.05) is 6.54 Å². The summed E-state index contributed by atoms with van der Waals surface area (Å²) in [5.41, 5.74) is -0.541. The van der Waals surface area contributed by atoms with Gasteiger partial charge in [-0.25, -0.2) is 0 Å². The van der Waals surface area contributed by atoms with E-state index in [4.69, 9.17) is 0 Å². The molecule has 1 aliphatic heterocycles. The molecule has 184 valence electrons. The van der Waals surface area contributed by atoms with Crippen molar-refractivity contribution in [2.24, 2.45) is 11.8 Å². The average Bonchev–Trinajstić information content (AvgIpc) is 3.59. The first-order chi connectivity index (χ1) is 15.9. The molecule has 0 spiro atoms. The van der Waals surface area contributed by atoms with Gasteiger partial charge in [0.2, 0.25) is 0 Å². The second-order valence-electron chi connectivity index (χ2n) is 9.10. The minimum absolute atomic E-state index is 0. The molecule has 1 saturated carbocycles. The topological polar surface area (TPSA) is 56.3 Å². The van der Waals surface area contributed by atoms with Crippen LogP contribution in [0.2, 0.25) is 0 Å². The van der Waals surface area contributed by atoms with Gasteiger partial charge in [-0.2, -0.15) is 26.3 Å². The van der Waals surface area contributed by atoms with Gasteiger partial charge in [0.15, 0.2) is 0 Å². The van der Waals surface area contributed by atoms with Crippen LogP contribution in [-0.4, -0.2) is 22.4 Å². The first-order valence-electron chi connectivity index (χ1n) is 11.1. The van der Waals surface area contributed by atoms with E-state index in [1.165, 1.54) is 24.4 Å².